The van der Waals surface area contributed by atoms with Crippen LogP contribution in [0.2, 0.25) is 5.02 Å². The second kappa shape index (κ2) is 11.6. The summed E-state index contributed by atoms with van der Waals surface area (Å²) < 4.78 is 0. The van der Waals surface area contributed by atoms with Gasteiger partial charge in [-0.25, -0.2) is 0 Å². The number of carbonyl (C=O) groups is 1. The van der Waals surface area contributed by atoms with Gasteiger partial charge in [-0.3, -0.25) is 9.93 Å². The van der Waals surface area contributed by atoms with E-state index in [-0.39, 0.29) is 0 Å². The smallest absolute Gasteiger partial charge is 0.150 e. The fourth-order valence-corrected chi connectivity index (χ4v) is 1.32. The molecule has 0 unspecified atom stereocenters. The minimum atomic E-state index is 0.572. The van der Waals surface area contributed by atoms with Gasteiger partial charge in [0, 0.05) is 10.5 Å². The average Bonchev–Trinajstić information content (AvgIpc) is 2.35. The van der Waals surface area contributed by atoms with Crippen molar-refractivity contribution in [1.29, 1.82) is 0 Å². The van der Waals surface area contributed by atoms with Crippen LogP contribution in [0.15, 0.2) is 23.1 Å². The van der Waals surface area contributed by atoms with Gasteiger partial charge in [-0.2, -0.15) is 0 Å². The number of benzene rings is 1. The maximum Gasteiger partial charge on any atom is 0.150 e. The average molecular weight is 248 g/mol. The first-order valence-corrected chi connectivity index (χ1v) is 6.15. The molecule has 15 heavy (non-hydrogen) atoms. The van der Waals surface area contributed by atoms with Crippen LogP contribution in [0.5, 0.6) is 0 Å². The number of hydrogen-bond donors (Lipinski definition) is 1. The molecule has 0 radical (unpaired) electrons. The van der Waals surface area contributed by atoms with Gasteiger partial charge in [0.2, 0.25) is 0 Å². The Morgan fingerprint density at radius 1 is 1.27 bits per heavy atom. The molecule has 1 rings (SSSR count). The van der Waals surface area contributed by atoms with E-state index in [0.29, 0.717) is 10.6 Å². The SMILES string of the molecule is CC.CC.NSc1cc(C=O)ccc1Cl. The van der Waals surface area contributed by atoms with Crippen molar-refractivity contribution >= 4 is 29.8 Å². The van der Waals surface area contributed by atoms with E-state index >= 15 is 0 Å². The molecule has 0 saturated carbocycles. The lowest BCUT2D eigenvalue weighted by molar-refractivity contribution is 0.112. The van der Waals surface area contributed by atoms with Gasteiger partial charge in [-0.05, 0) is 24.1 Å². The number of carbonyl (C=O) groups excluding carboxylic acids is 1. The van der Waals surface area contributed by atoms with E-state index in [2.05, 4.69) is 0 Å². The van der Waals surface area contributed by atoms with Crippen LogP contribution in [0, 0.1) is 0 Å². The van der Waals surface area contributed by atoms with Crippen molar-refractivity contribution in [2.75, 3.05) is 0 Å². The Balaban J connectivity index is 0. The lowest BCUT2D eigenvalue weighted by atomic mass is 10.2. The summed E-state index contributed by atoms with van der Waals surface area (Å²) in [6.45, 7) is 8.00. The number of aldehydes is 1. The summed E-state index contributed by atoms with van der Waals surface area (Å²) in [5, 5.41) is 5.86. The third kappa shape index (κ3) is 6.55. The molecule has 4 heteroatoms. The molecule has 1 aromatic rings. The summed E-state index contributed by atoms with van der Waals surface area (Å²) >= 11 is 6.77. The Hall–Kier alpha value is -0.510. The van der Waals surface area contributed by atoms with E-state index < -0.39 is 0 Å². The highest BCUT2D eigenvalue weighted by molar-refractivity contribution is 7.97. The van der Waals surface area contributed by atoms with Crippen LogP contribution in [0.1, 0.15) is 38.1 Å². The van der Waals surface area contributed by atoms with E-state index in [0.717, 1.165) is 23.1 Å². The van der Waals surface area contributed by atoms with Crippen molar-refractivity contribution in [3.63, 3.8) is 0 Å². The monoisotopic (exact) mass is 247 g/mol. The second-order valence-electron chi connectivity index (χ2n) is 1.93. The van der Waals surface area contributed by atoms with E-state index in [1.54, 1.807) is 18.2 Å². The molecule has 0 saturated heterocycles. The minimum absolute atomic E-state index is 0.572. The van der Waals surface area contributed by atoms with Crippen LogP contribution in [-0.4, -0.2) is 6.29 Å². The maximum atomic E-state index is 10.3. The van der Waals surface area contributed by atoms with Gasteiger partial charge in [0.1, 0.15) is 6.29 Å². The maximum absolute atomic E-state index is 10.3. The molecule has 0 aliphatic heterocycles. The Morgan fingerprint density at radius 2 is 1.80 bits per heavy atom. The van der Waals surface area contributed by atoms with Crippen molar-refractivity contribution in [1.82, 2.24) is 0 Å². The molecular formula is C11H18ClNOS. The molecule has 0 spiro atoms. The van der Waals surface area contributed by atoms with E-state index in [9.17, 15) is 4.79 Å². The first-order chi connectivity index (χ1) is 7.27. The zero-order valence-electron chi connectivity index (χ0n) is 9.58. The number of nitrogens with two attached hydrogens (primary N) is 1. The van der Waals surface area contributed by atoms with E-state index in [1.165, 1.54) is 0 Å². The third-order valence-electron chi connectivity index (χ3n) is 1.22. The molecule has 2 N–H and O–H groups in total. The summed E-state index contributed by atoms with van der Waals surface area (Å²) in [6, 6.07) is 4.95. The summed E-state index contributed by atoms with van der Waals surface area (Å²) in [4.78, 5) is 11.0. The van der Waals surface area contributed by atoms with Crippen LogP contribution in [0.4, 0.5) is 0 Å². The van der Waals surface area contributed by atoms with Crippen LogP contribution >= 0.6 is 23.5 Å². The number of rotatable bonds is 2. The normalized spacial score (nSPS) is 7.87. The zero-order chi connectivity index (χ0) is 12.3. The molecule has 0 aromatic heterocycles. The van der Waals surface area contributed by atoms with Crippen molar-refractivity contribution in [3.8, 4) is 0 Å². The first kappa shape index (κ1) is 16.9. The van der Waals surface area contributed by atoms with Crippen molar-refractivity contribution in [3.05, 3.63) is 28.8 Å². The van der Waals surface area contributed by atoms with Gasteiger partial charge >= 0.3 is 0 Å². The molecule has 0 bridgehead atoms. The topological polar surface area (TPSA) is 43.1 Å². The molecule has 0 fully saturated rings. The molecule has 2 nitrogen and oxygen atoms in total. The van der Waals surface area contributed by atoms with Crippen molar-refractivity contribution in [2.45, 2.75) is 32.6 Å². The molecule has 1 aromatic carbocycles. The van der Waals surface area contributed by atoms with Gasteiger partial charge < -0.3 is 0 Å². The fraction of sp³-hybridized carbons (Fsp3) is 0.364. The molecular weight excluding hydrogens is 230 g/mol. The van der Waals surface area contributed by atoms with Crippen LogP contribution in [0.25, 0.3) is 0 Å². The van der Waals surface area contributed by atoms with Crippen LogP contribution in [0.3, 0.4) is 0 Å². The van der Waals surface area contributed by atoms with Gasteiger partial charge in [0.15, 0.2) is 0 Å². The van der Waals surface area contributed by atoms with Crippen LogP contribution < -0.4 is 5.14 Å². The highest BCUT2D eigenvalue weighted by Crippen LogP contribution is 2.23. The molecule has 0 heterocycles. The minimum Gasteiger partial charge on any atom is -0.298 e. The number of hydrogen-bond acceptors (Lipinski definition) is 3. The van der Waals surface area contributed by atoms with Crippen LogP contribution in [-0.2, 0) is 0 Å². The van der Waals surface area contributed by atoms with Gasteiger partial charge in [0.05, 0.1) is 5.02 Å². The fourth-order valence-electron chi connectivity index (χ4n) is 0.684. The predicted molar refractivity (Wildman–Crippen MR) is 69.6 cm³/mol. The molecule has 86 valence electrons. The lowest BCUT2D eigenvalue weighted by Crippen LogP contribution is -1.84. The molecule has 0 aliphatic carbocycles. The Labute approximate surface area is 101 Å². The highest BCUT2D eigenvalue weighted by Gasteiger charge is 1.99. The second-order valence-corrected chi connectivity index (χ2v) is 3.01. The van der Waals surface area contributed by atoms with Gasteiger partial charge in [-0.1, -0.05) is 45.4 Å². The predicted octanol–water partition coefficient (Wildman–Crippen LogP) is 4.17. The van der Waals surface area contributed by atoms with Crippen molar-refractivity contribution in [2.24, 2.45) is 5.14 Å². The summed E-state index contributed by atoms with van der Waals surface area (Å²) in [6.07, 6.45) is 0.760. The first-order valence-electron chi connectivity index (χ1n) is 4.89. The van der Waals surface area contributed by atoms with Gasteiger partial charge in [-0.15, -0.1) is 0 Å². The summed E-state index contributed by atoms with van der Waals surface area (Å²) in [5.41, 5.74) is 0.586. The Kier molecular flexibility index (Phi) is 13.0. The molecule has 0 aliphatic rings. The third-order valence-corrected chi connectivity index (χ3v) is 2.25. The van der Waals surface area contributed by atoms with Crippen molar-refractivity contribution < 1.29 is 4.79 Å². The number of halogens is 1. The van der Waals surface area contributed by atoms with E-state index in [1.807, 2.05) is 27.7 Å². The summed E-state index contributed by atoms with van der Waals surface area (Å²) in [5.74, 6) is 0. The Morgan fingerprint density at radius 3 is 2.20 bits per heavy atom. The Bertz CT molecular complexity index is 279. The standard InChI is InChI=1S/C7H6ClNOS.2C2H6/c8-6-2-1-5(4-10)3-7(6)11-9;2*1-2/h1-4H,9H2;2*1-2H3. The highest BCUT2D eigenvalue weighted by atomic mass is 35.5. The van der Waals surface area contributed by atoms with Gasteiger partial charge in [0.25, 0.3) is 0 Å². The zero-order valence-corrected chi connectivity index (χ0v) is 11.2. The lowest BCUT2D eigenvalue weighted by Gasteiger charge is -1.98. The molecule has 0 atom stereocenters. The largest absolute Gasteiger partial charge is 0.298 e. The van der Waals surface area contributed by atoms with E-state index in [4.69, 9.17) is 16.7 Å². The quantitative estimate of drug-likeness (QED) is 0.630. The molecule has 0 amide bonds. The summed E-state index contributed by atoms with van der Waals surface area (Å²) in [7, 11) is 0.